The number of hydrogen-bond acceptors (Lipinski definition) is 5. The molecule has 9 heteroatoms. The highest BCUT2D eigenvalue weighted by atomic mass is 35.5. The zero-order chi connectivity index (χ0) is 23.4. The minimum absolute atomic E-state index is 0.267. The average molecular weight is 515 g/mol. The highest BCUT2D eigenvalue weighted by molar-refractivity contribution is 8.18. The zero-order valence-electron chi connectivity index (χ0n) is 17.0. The van der Waals surface area contributed by atoms with Gasteiger partial charge in [0.2, 0.25) is 5.91 Å². The summed E-state index contributed by atoms with van der Waals surface area (Å²) >= 11 is 14.4. The van der Waals surface area contributed by atoms with E-state index < -0.39 is 17.1 Å². The number of benzene rings is 3. The number of anilines is 1. The summed E-state index contributed by atoms with van der Waals surface area (Å²) in [4.78, 5) is 40.6. The summed E-state index contributed by atoms with van der Waals surface area (Å²) in [6, 6.07) is 21.9. The van der Waals surface area contributed by atoms with Crippen LogP contribution in [0.3, 0.4) is 0 Å². The SMILES string of the molecule is O=C(CN1C(=O)S/C(=C/c2ccc(Sc3ccc(Cl)cc3)cc2)C1=O)Nc1ccccc1Cl. The van der Waals surface area contributed by atoms with Crippen molar-refractivity contribution in [2.45, 2.75) is 9.79 Å². The fourth-order valence-electron chi connectivity index (χ4n) is 2.95. The van der Waals surface area contributed by atoms with E-state index in [1.165, 1.54) is 0 Å². The van der Waals surface area contributed by atoms with Crippen molar-refractivity contribution < 1.29 is 14.4 Å². The Kier molecular flexibility index (Phi) is 7.45. The minimum Gasteiger partial charge on any atom is -0.323 e. The molecule has 1 aliphatic rings. The van der Waals surface area contributed by atoms with Gasteiger partial charge in [-0.25, -0.2) is 0 Å². The first-order chi connectivity index (χ1) is 15.9. The van der Waals surface area contributed by atoms with Crippen molar-refractivity contribution in [3.05, 3.63) is 93.3 Å². The second-order valence-electron chi connectivity index (χ2n) is 6.92. The molecule has 0 aliphatic carbocycles. The molecule has 0 aromatic heterocycles. The predicted octanol–water partition coefficient (Wildman–Crippen LogP) is 6.82. The summed E-state index contributed by atoms with van der Waals surface area (Å²) in [5.41, 5.74) is 1.20. The van der Waals surface area contributed by atoms with Crippen LogP contribution in [-0.2, 0) is 9.59 Å². The Labute approximate surface area is 209 Å². The summed E-state index contributed by atoms with van der Waals surface area (Å²) in [7, 11) is 0. The van der Waals surface area contributed by atoms with Crippen LogP contribution < -0.4 is 5.32 Å². The Morgan fingerprint density at radius 1 is 0.939 bits per heavy atom. The van der Waals surface area contributed by atoms with Crippen LogP contribution in [0.25, 0.3) is 6.08 Å². The lowest BCUT2D eigenvalue weighted by molar-refractivity contribution is -0.127. The zero-order valence-corrected chi connectivity index (χ0v) is 20.1. The van der Waals surface area contributed by atoms with Crippen molar-refractivity contribution in [3.8, 4) is 0 Å². The predicted molar refractivity (Wildman–Crippen MR) is 135 cm³/mol. The Hall–Kier alpha value is -2.71. The fraction of sp³-hybridized carbons (Fsp3) is 0.0417. The summed E-state index contributed by atoms with van der Waals surface area (Å²) in [6.45, 7) is -0.385. The molecule has 0 unspecified atom stereocenters. The van der Waals surface area contributed by atoms with Crippen LogP contribution in [0, 0.1) is 0 Å². The van der Waals surface area contributed by atoms with E-state index >= 15 is 0 Å². The normalized spacial score (nSPS) is 14.7. The van der Waals surface area contributed by atoms with Gasteiger partial charge in [0.1, 0.15) is 6.54 Å². The van der Waals surface area contributed by atoms with E-state index in [1.807, 2.05) is 48.5 Å². The Morgan fingerprint density at radius 2 is 1.58 bits per heavy atom. The lowest BCUT2D eigenvalue weighted by Crippen LogP contribution is -2.36. The van der Waals surface area contributed by atoms with Crippen LogP contribution in [0.15, 0.2) is 87.5 Å². The van der Waals surface area contributed by atoms with Gasteiger partial charge in [-0.05, 0) is 71.9 Å². The summed E-state index contributed by atoms with van der Waals surface area (Å²) in [6.07, 6.45) is 1.65. The average Bonchev–Trinajstić information content (AvgIpc) is 3.05. The van der Waals surface area contributed by atoms with Crippen LogP contribution >= 0.6 is 46.7 Å². The molecule has 166 valence electrons. The maximum atomic E-state index is 12.7. The number of hydrogen-bond donors (Lipinski definition) is 1. The van der Waals surface area contributed by atoms with Crippen LogP contribution in [0.1, 0.15) is 5.56 Å². The van der Waals surface area contributed by atoms with Crippen molar-refractivity contribution in [1.29, 1.82) is 0 Å². The molecule has 1 fully saturated rings. The number of halogens is 2. The van der Waals surface area contributed by atoms with Gasteiger partial charge in [-0.1, -0.05) is 59.2 Å². The summed E-state index contributed by atoms with van der Waals surface area (Å²) in [5.74, 6) is -1.01. The smallest absolute Gasteiger partial charge is 0.294 e. The third-order valence-electron chi connectivity index (χ3n) is 4.55. The molecule has 33 heavy (non-hydrogen) atoms. The van der Waals surface area contributed by atoms with Gasteiger partial charge in [0.05, 0.1) is 15.6 Å². The molecule has 3 aromatic carbocycles. The molecule has 3 aromatic rings. The molecule has 1 heterocycles. The van der Waals surface area contributed by atoms with Crippen LogP contribution in [0.2, 0.25) is 10.0 Å². The number of thioether (sulfide) groups is 1. The quantitative estimate of drug-likeness (QED) is 0.365. The van der Waals surface area contributed by atoms with Gasteiger partial charge in [-0.15, -0.1) is 0 Å². The largest absolute Gasteiger partial charge is 0.323 e. The lowest BCUT2D eigenvalue weighted by atomic mass is 10.2. The Bertz CT molecular complexity index is 1250. The maximum Gasteiger partial charge on any atom is 0.294 e. The van der Waals surface area contributed by atoms with Gasteiger partial charge >= 0.3 is 0 Å². The van der Waals surface area contributed by atoms with Gasteiger partial charge in [-0.3, -0.25) is 19.3 Å². The van der Waals surface area contributed by atoms with Crippen LogP contribution in [-0.4, -0.2) is 28.5 Å². The first kappa shape index (κ1) is 23.4. The van der Waals surface area contributed by atoms with Crippen molar-refractivity contribution >= 4 is 75.5 Å². The highest BCUT2D eigenvalue weighted by Gasteiger charge is 2.36. The molecule has 0 spiro atoms. The third kappa shape index (κ3) is 6.00. The number of amides is 3. The molecular formula is C24H16Cl2N2O3S2. The second kappa shape index (κ2) is 10.5. The third-order valence-corrected chi connectivity index (χ3v) is 7.06. The summed E-state index contributed by atoms with van der Waals surface area (Å²) < 4.78 is 0. The van der Waals surface area contributed by atoms with E-state index in [0.29, 0.717) is 15.7 Å². The lowest BCUT2D eigenvalue weighted by Gasteiger charge is -2.13. The number of nitrogens with zero attached hydrogens (tertiary/aromatic N) is 1. The van der Waals surface area contributed by atoms with Gasteiger partial charge in [0, 0.05) is 14.8 Å². The van der Waals surface area contributed by atoms with Crippen molar-refractivity contribution in [3.63, 3.8) is 0 Å². The number of para-hydroxylation sites is 1. The van der Waals surface area contributed by atoms with E-state index in [4.69, 9.17) is 23.2 Å². The summed E-state index contributed by atoms with van der Waals surface area (Å²) in [5, 5.41) is 3.18. The standard InChI is InChI=1S/C24H16Cl2N2O3S2/c25-16-7-11-18(12-8-16)32-17-9-5-15(6-10-17)13-21-23(30)28(24(31)33-21)14-22(29)27-20-4-2-1-3-19(20)26/h1-13H,14H2,(H,27,29)/b21-13+. The van der Waals surface area contributed by atoms with Gasteiger partial charge in [0.25, 0.3) is 11.1 Å². The van der Waals surface area contributed by atoms with Gasteiger partial charge < -0.3 is 5.32 Å². The molecule has 1 N–H and O–H groups in total. The van der Waals surface area contributed by atoms with E-state index in [1.54, 1.807) is 42.1 Å². The second-order valence-corrected chi connectivity index (χ2v) is 9.90. The van der Waals surface area contributed by atoms with E-state index in [9.17, 15) is 14.4 Å². The van der Waals surface area contributed by atoms with E-state index in [0.717, 1.165) is 32.0 Å². The van der Waals surface area contributed by atoms with Crippen molar-refractivity contribution in [2.24, 2.45) is 0 Å². The first-order valence-electron chi connectivity index (χ1n) is 9.72. The van der Waals surface area contributed by atoms with E-state index in [-0.39, 0.29) is 11.4 Å². The molecule has 0 saturated carbocycles. The Balaban J connectivity index is 1.40. The van der Waals surface area contributed by atoms with Gasteiger partial charge in [0.15, 0.2) is 0 Å². The van der Waals surface area contributed by atoms with Crippen LogP contribution in [0.5, 0.6) is 0 Å². The van der Waals surface area contributed by atoms with Crippen molar-refractivity contribution in [2.75, 3.05) is 11.9 Å². The van der Waals surface area contributed by atoms with Crippen LogP contribution in [0.4, 0.5) is 10.5 Å². The molecule has 5 nitrogen and oxygen atoms in total. The highest BCUT2D eigenvalue weighted by Crippen LogP contribution is 2.33. The first-order valence-corrected chi connectivity index (χ1v) is 12.1. The maximum absolute atomic E-state index is 12.7. The number of rotatable bonds is 6. The fourth-order valence-corrected chi connectivity index (χ4v) is 4.92. The Morgan fingerprint density at radius 3 is 2.24 bits per heavy atom. The monoisotopic (exact) mass is 514 g/mol. The molecule has 0 radical (unpaired) electrons. The van der Waals surface area contributed by atoms with Gasteiger partial charge in [-0.2, -0.15) is 0 Å². The molecule has 1 saturated heterocycles. The molecule has 0 bridgehead atoms. The molecule has 3 amide bonds. The molecule has 4 rings (SSSR count). The minimum atomic E-state index is -0.504. The number of imide groups is 1. The number of carbonyl (C=O) groups excluding carboxylic acids is 3. The van der Waals surface area contributed by atoms with E-state index in [2.05, 4.69) is 5.32 Å². The van der Waals surface area contributed by atoms with Crippen molar-refractivity contribution in [1.82, 2.24) is 4.90 Å². The number of carbonyl (C=O) groups is 3. The molecule has 1 aliphatic heterocycles. The molecular weight excluding hydrogens is 499 g/mol. The topological polar surface area (TPSA) is 66.5 Å². The molecule has 0 atom stereocenters. The number of nitrogens with one attached hydrogen (secondary N) is 1.